The summed E-state index contributed by atoms with van der Waals surface area (Å²) in [6, 6.07) is 7.72. The van der Waals surface area contributed by atoms with Crippen LogP contribution in [-0.2, 0) is 20.4 Å². The van der Waals surface area contributed by atoms with Crippen LogP contribution < -0.4 is 10.0 Å². The first kappa shape index (κ1) is 22.4. The van der Waals surface area contributed by atoms with E-state index in [-0.39, 0.29) is 27.6 Å². The molecule has 0 unspecified atom stereocenters. The predicted molar refractivity (Wildman–Crippen MR) is 128 cm³/mol. The third-order valence-corrected chi connectivity index (χ3v) is 9.19. The SMILES string of the molecule is O=C(Nc1ccc(S(=O)(=O)Nc2ncccn2)cc1)C12C[C@@H]3C[C@@H](C1)CC(n1cnc(Cl)n1)(C3)C2. The first-order valence-electron chi connectivity index (χ1n) is 11.5. The quantitative estimate of drug-likeness (QED) is 0.515. The number of aromatic nitrogens is 5. The van der Waals surface area contributed by atoms with Gasteiger partial charge in [-0.25, -0.2) is 32.8 Å². The van der Waals surface area contributed by atoms with Crippen LogP contribution in [0.4, 0.5) is 11.6 Å². The van der Waals surface area contributed by atoms with E-state index in [1.165, 1.54) is 24.5 Å². The molecule has 2 heterocycles. The second kappa shape index (κ2) is 7.99. The maximum Gasteiger partial charge on any atom is 0.264 e. The molecule has 4 aliphatic rings. The molecular formula is C23H24ClN7O3S. The smallest absolute Gasteiger partial charge is 0.264 e. The molecule has 4 aliphatic carbocycles. The maximum atomic E-state index is 13.6. The molecule has 2 N–H and O–H groups in total. The van der Waals surface area contributed by atoms with Crippen molar-refractivity contribution in [3.63, 3.8) is 0 Å². The Balaban J connectivity index is 1.20. The Bertz CT molecular complexity index is 1360. The van der Waals surface area contributed by atoms with Gasteiger partial charge in [-0.05, 0) is 92.3 Å². The molecule has 0 radical (unpaired) electrons. The molecule has 35 heavy (non-hydrogen) atoms. The van der Waals surface area contributed by atoms with Gasteiger partial charge in [-0.3, -0.25) is 4.79 Å². The Hall–Kier alpha value is -3.05. The number of carbonyl (C=O) groups excluding carboxylic acids is 1. The average Bonchev–Trinajstić information content (AvgIpc) is 3.26. The standard InChI is InChI=1S/C23H24ClN7O3S/c24-20-27-14-31(29-20)23-11-15-8-16(12-23)10-22(9-15,13-23)19(32)28-17-2-4-18(5-3-17)35(33,34)30-21-25-6-1-7-26-21/h1-7,14-16H,8-13H2,(H,28,32)(H,25,26,30)/t15-,16-,22?,23?/m0/s1. The number of nitrogens with one attached hydrogen (secondary N) is 2. The number of hydrogen-bond donors (Lipinski definition) is 2. The van der Waals surface area contributed by atoms with Gasteiger partial charge in [-0.2, -0.15) is 0 Å². The van der Waals surface area contributed by atoms with Gasteiger partial charge in [0, 0.05) is 18.1 Å². The molecular weight excluding hydrogens is 490 g/mol. The van der Waals surface area contributed by atoms with Crippen molar-refractivity contribution in [2.75, 3.05) is 10.0 Å². The largest absolute Gasteiger partial charge is 0.326 e. The van der Waals surface area contributed by atoms with E-state index in [9.17, 15) is 13.2 Å². The molecule has 0 spiro atoms. The Morgan fingerprint density at radius 2 is 1.71 bits per heavy atom. The van der Waals surface area contributed by atoms with Crippen molar-refractivity contribution in [3.8, 4) is 0 Å². The summed E-state index contributed by atoms with van der Waals surface area (Å²) in [5, 5.41) is 7.68. The highest BCUT2D eigenvalue weighted by Crippen LogP contribution is 2.64. The summed E-state index contributed by atoms with van der Waals surface area (Å²) in [7, 11) is -3.85. The van der Waals surface area contributed by atoms with Crippen LogP contribution in [0.15, 0.2) is 53.9 Å². The van der Waals surface area contributed by atoms with Gasteiger partial charge in [0.15, 0.2) is 0 Å². The number of benzene rings is 1. The first-order chi connectivity index (χ1) is 16.8. The number of halogens is 1. The fraction of sp³-hybridized carbons (Fsp3) is 0.435. The van der Waals surface area contributed by atoms with Crippen molar-refractivity contribution in [1.29, 1.82) is 0 Å². The number of anilines is 2. The van der Waals surface area contributed by atoms with Gasteiger partial charge < -0.3 is 5.32 Å². The van der Waals surface area contributed by atoms with E-state index in [0.717, 1.165) is 32.1 Å². The van der Waals surface area contributed by atoms with Crippen molar-refractivity contribution >= 4 is 39.2 Å². The van der Waals surface area contributed by atoms with E-state index in [1.54, 1.807) is 24.5 Å². The van der Waals surface area contributed by atoms with Gasteiger partial charge in [0.25, 0.3) is 10.0 Å². The van der Waals surface area contributed by atoms with Crippen molar-refractivity contribution in [2.24, 2.45) is 17.3 Å². The van der Waals surface area contributed by atoms with Gasteiger partial charge in [0.1, 0.15) is 6.33 Å². The van der Waals surface area contributed by atoms with Gasteiger partial charge in [-0.1, -0.05) is 0 Å². The third-order valence-electron chi connectivity index (χ3n) is 7.68. The lowest BCUT2D eigenvalue weighted by Crippen LogP contribution is -2.60. The minimum Gasteiger partial charge on any atom is -0.326 e. The van der Waals surface area contributed by atoms with E-state index in [0.29, 0.717) is 23.9 Å². The number of nitrogens with zero attached hydrogens (tertiary/aromatic N) is 5. The summed E-state index contributed by atoms with van der Waals surface area (Å²) < 4.78 is 29.5. The zero-order valence-electron chi connectivity index (χ0n) is 18.8. The van der Waals surface area contributed by atoms with E-state index in [4.69, 9.17) is 11.6 Å². The molecule has 7 rings (SSSR count). The van der Waals surface area contributed by atoms with Gasteiger partial charge in [0.05, 0.1) is 15.8 Å². The molecule has 4 fully saturated rings. The average molecular weight is 514 g/mol. The van der Waals surface area contributed by atoms with Gasteiger partial charge >= 0.3 is 0 Å². The monoisotopic (exact) mass is 513 g/mol. The molecule has 3 aromatic rings. The van der Waals surface area contributed by atoms with Crippen LogP contribution in [0.1, 0.15) is 38.5 Å². The number of sulfonamides is 1. The number of amides is 1. The van der Waals surface area contributed by atoms with Crippen LogP contribution >= 0.6 is 11.6 Å². The lowest BCUT2D eigenvalue weighted by molar-refractivity contribution is -0.150. The summed E-state index contributed by atoms with van der Waals surface area (Å²) in [6.07, 6.45) is 10.1. The molecule has 1 aromatic carbocycles. The summed E-state index contributed by atoms with van der Waals surface area (Å²) in [5.74, 6) is 0.899. The lowest BCUT2D eigenvalue weighted by Gasteiger charge is -2.60. The molecule has 182 valence electrons. The number of rotatable bonds is 6. The molecule has 1 amide bonds. The van der Waals surface area contributed by atoms with Crippen LogP contribution in [0.25, 0.3) is 0 Å². The first-order valence-corrected chi connectivity index (χ1v) is 13.4. The molecule has 4 saturated carbocycles. The molecule has 12 heteroatoms. The fourth-order valence-corrected chi connectivity index (χ4v) is 7.81. The Morgan fingerprint density at radius 3 is 2.34 bits per heavy atom. The Labute approximate surface area is 207 Å². The van der Waals surface area contributed by atoms with E-state index < -0.39 is 15.4 Å². The molecule has 0 aliphatic heterocycles. The Morgan fingerprint density at radius 1 is 1.03 bits per heavy atom. The van der Waals surface area contributed by atoms with Crippen molar-refractivity contribution in [2.45, 2.75) is 49.0 Å². The van der Waals surface area contributed by atoms with Crippen LogP contribution in [-0.4, -0.2) is 39.1 Å². The lowest BCUT2D eigenvalue weighted by atomic mass is 9.46. The highest BCUT2D eigenvalue weighted by Gasteiger charge is 2.61. The van der Waals surface area contributed by atoms with E-state index in [2.05, 4.69) is 30.1 Å². The van der Waals surface area contributed by atoms with Crippen LogP contribution in [0, 0.1) is 17.3 Å². The van der Waals surface area contributed by atoms with Crippen LogP contribution in [0.2, 0.25) is 5.28 Å². The van der Waals surface area contributed by atoms with Crippen LogP contribution in [0.5, 0.6) is 0 Å². The maximum absolute atomic E-state index is 13.6. The highest BCUT2D eigenvalue weighted by atomic mass is 35.5. The molecule has 0 saturated heterocycles. The van der Waals surface area contributed by atoms with Gasteiger partial charge in [-0.15, -0.1) is 5.10 Å². The fourth-order valence-electron chi connectivity index (χ4n) is 6.73. The predicted octanol–water partition coefficient (Wildman–Crippen LogP) is 3.46. The van der Waals surface area contributed by atoms with E-state index >= 15 is 0 Å². The van der Waals surface area contributed by atoms with E-state index in [1.807, 2.05) is 4.68 Å². The van der Waals surface area contributed by atoms with Crippen molar-refractivity contribution in [3.05, 3.63) is 54.3 Å². The summed E-state index contributed by atoms with van der Waals surface area (Å²) in [5.41, 5.74) is -0.164. The number of hydrogen-bond acceptors (Lipinski definition) is 7. The molecule has 10 nitrogen and oxygen atoms in total. The molecule has 2 aromatic heterocycles. The zero-order chi connectivity index (χ0) is 24.3. The third kappa shape index (κ3) is 3.96. The number of carbonyl (C=O) groups is 1. The normalized spacial score (nSPS) is 29.2. The second-order valence-corrected chi connectivity index (χ2v) is 12.1. The van der Waals surface area contributed by atoms with Crippen molar-refractivity contribution < 1.29 is 13.2 Å². The summed E-state index contributed by atoms with van der Waals surface area (Å²) >= 11 is 6.02. The molecule has 4 bridgehead atoms. The minimum absolute atomic E-state index is 0.00528. The summed E-state index contributed by atoms with van der Waals surface area (Å²) in [6.45, 7) is 0. The summed E-state index contributed by atoms with van der Waals surface area (Å²) in [4.78, 5) is 25.6. The highest BCUT2D eigenvalue weighted by molar-refractivity contribution is 7.92. The second-order valence-electron chi connectivity index (χ2n) is 10.1. The topological polar surface area (TPSA) is 132 Å². The van der Waals surface area contributed by atoms with Crippen LogP contribution in [0.3, 0.4) is 0 Å². The zero-order valence-corrected chi connectivity index (χ0v) is 20.3. The Kier molecular flexibility index (Phi) is 5.12. The minimum atomic E-state index is -3.85. The molecule has 2 atom stereocenters. The van der Waals surface area contributed by atoms with Crippen molar-refractivity contribution in [1.82, 2.24) is 24.7 Å². The van der Waals surface area contributed by atoms with Gasteiger partial charge in [0.2, 0.25) is 17.1 Å².